The average molecular weight is 221 g/mol. The van der Waals surface area contributed by atoms with E-state index in [2.05, 4.69) is 11.2 Å². The molecule has 0 atom stereocenters. The molecule has 3 nitrogen and oxygen atoms in total. The van der Waals surface area contributed by atoms with Crippen LogP contribution in [0.2, 0.25) is 0 Å². The molecule has 0 bridgehead atoms. The van der Waals surface area contributed by atoms with Gasteiger partial charge in [0, 0.05) is 13.0 Å². The number of rotatable bonds is 4. The van der Waals surface area contributed by atoms with Crippen molar-refractivity contribution in [2.75, 3.05) is 13.7 Å². The number of halogens is 1. The van der Waals surface area contributed by atoms with Crippen LogP contribution in [0.3, 0.4) is 0 Å². The van der Waals surface area contributed by atoms with E-state index < -0.39 is 11.7 Å². The normalized spacial score (nSPS) is 9.31. The van der Waals surface area contributed by atoms with Crippen molar-refractivity contribution in [2.45, 2.75) is 6.42 Å². The molecule has 16 heavy (non-hydrogen) atoms. The Morgan fingerprint density at radius 3 is 3.00 bits per heavy atom. The summed E-state index contributed by atoms with van der Waals surface area (Å²) in [4.78, 5) is 11.6. The van der Waals surface area contributed by atoms with Crippen LogP contribution in [0.4, 0.5) is 4.39 Å². The first-order valence-electron chi connectivity index (χ1n) is 4.75. The van der Waals surface area contributed by atoms with Crippen molar-refractivity contribution < 1.29 is 13.9 Å². The molecule has 1 aromatic rings. The van der Waals surface area contributed by atoms with E-state index in [0.29, 0.717) is 13.0 Å². The zero-order chi connectivity index (χ0) is 12.0. The predicted molar refractivity (Wildman–Crippen MR) is 58.7 cm³/mol. The van der Waals surface area contributed by atoms with Gasteiger partial charge in [0.05, 0.1) is 7.11 Å². The van der Waals surface area contributed by atoms with Crippen LogP contribution >= 0.6 is 0 Å². The minimum Gasteiger partial charge on any atom is -0.496 e. The van der Waals surface area contributed by atoms with Crippen LogP contribution in [0.25, 0.3) is 0 Å². The van der Waals surface area contributed by atoms with Crippen LogP contribution in [0.15, 0.2) is 18.2 Å². The highest BCUT2D eigenvalue weighted by molar-refractivity contribution is 5.97. The largest absolute Gasteiger partial charge is 0.496 e. The van der Waals surface area contributed by atoms with Gasteiger partial charge in [-0.3, -0.25) is 4.79 Å². The molecule has 0 spiro atoms. The third-order valence-corrected chi connectivity index (χ3v) is 1.98. The molecule has 0 aliphatic rings. The standard InChI is InChI=1S/C12H12FNO2/c1-3-4-8-14-12(15)11-9(13)6-5-7-10(11)16-2/h1,5-7H,4,8H2,2H3,(H,14,15). The second kappa shape index (κ2) is 5.76. The first-order valence-corrected chi connectivity index (χ1v) is 4.75. The first-order chi connectivity index (χ1) is 7.70. The van der Waals surface area contributed by atoms with E-state index in [9.17, 15) is 9.18 Å². The maximum atomic E-state index is 13.4. The number of terminal acetylenes is 1. The maximum absolute atomic E-state index is 13.4. The molecule has 1 amide bonds. The highest BCUT2D eigenvalue weighted by Gasteiger charge is 2.16. The number of carbonyl (C=O) groups excluding carboxylic acids is 1. The van der Waals surface area contributed by atoms with Crippen molar-refractivity contribution in [2.24, 2.45) is 0 Å². The van der Waals surface area contributed by atoms with Gasteiger partial charge in [-0.15, -0.1) is 12.3 Å². The van der Waals surface area contributed by atoms with E-state index in [4.69, 9.17) is 11.2 Å². The zero-order valence-electron chi connectivity index (χ0n) is 8.92. The van der Waals surface area contributed by atoms with Crippen molar-refractivity contribution in [3.8, 4) is 18.1 Å². The summed E-state index contributed by atoms with van der Waals surface area (Å²) in [5.74, 6) is 1.45. The molecule has 0 aromatic heterocycles. The average Bonchev–Trinajstić information content (AvgIpc) is 2.28. The van der Waals surface area contributed by atoms with Crippen molar-refractivity contribution in [1.29, 1.82) is 0 Å². The lowest BCUT2D eigenvalue weighted by atomic mass is 10.1. The highest BCUT2D eigenvalue weighted by Crippen LogP contribution is 2.20. The minimum atomic E-state index is -0.613. The van der Waals surface area contributed by atoms with E-state index in [0.717, 1.165) is 0 Å². The van der Waals surface area contributed by atoms with Gasteiger partial charge in [0.25, 0.3) is 5.91 Å². The van der Waals surface area contributed by atoms with Crippen LogP contribution in [-0.4, -0.2) is 19.6 Å². The van der Waals surface area contributed by atoms with Gasteiger partial charge in [-0.1, -0.05) is 6.07 Å². The topological polar surface area (TPSA) is 38.3 Å². The SMILES string of the molecule is C#CCCNC(=O)c1c(F)cccc1OC. The molecular weight excluding hydrogens is 209 g/mol. The Morgan fingerprint density at radius 2 is 2.38 bits per heavy atom. The van der Waals surface area contributed by atoms with Gasteiger partial charge in [-0.05, 0) is 12.1 Å². The van der Waals surface area contributed by atoms with Gasteiger partial charge >= 0.3 is 0 Å². The fraction of sp³-hybridized carbons (Fsp3) is 0.250. The smallest absolute Gasteiger partial charge is 0.258 e. The van der Waals surface area contributed by atoms with Crippen LogP contribution in [0.5, 0.6) is 5.75 Å². The Labute approximate surface area is 93.6 Å². The van der Waals surface area contributed by atoms with Gasteiger partial charge in [-0.2, -0.15) is 0 Å². The first kappa shape index (κ1) is 12.1. The molecule has 0 saturated carbocycles. The molecule has 4 heteroatoms. The summed E-state index contributed by atoms with van der Waals surface area (Å²) >= 11 is 0. The van der Waals surface area contributed by atoms with Gasteiger partial charge in [0.1, 0.15) is 17.1 Å². The molecule has 1 aromatic carbocycles. The molecular formula is C12H12FNO2. The fourth-order valence-corrected chi connectivity index (χ4v) is 1.23. The summed E-state index contributed by atoms with van der Waals surface area (Å²) in [7, 11) is 1.38. The van der Waals surface area contributed by atoms with Crippen LogP contribution < -0.4 is 10.1 Å². The van der Waals surface area contributed by atoms with Crippen LogP contribution in [0.1, 0.15) is 16.8 Å². The molecule has 1 N–H and O–H groups in total. The second-order valence-electron chi connectivity index (χ2n) is 3.03. The number of ether oxygens (including phenoxy) is 1. The summed E-state index contributed by atoms with van der Waals surface area (Å²) in [6.07, 6.45) is 5.44. The quantitative estimate of drug-likeness (QED) is 0.619. The number of nitrogens with one attached hydrogen (secondary N) is 1. The summed E-state index contributed by atoms with van der Waals surface area (Å²) in [6, 6.07) is 4.21. The molecule has 84 valence electrons. The van der Waals surface area contributed by atoms with E-state index >= 15 is 0 Å². The monoisotopic (exact) mass is 221 g/mol. The fourth-order valence-electron chi connectivity index (χ4n) is 1.23. The summed E-state index contributed by atoms with van der Waals surface area (Å²) in [5.41, 5.74) is -0.0954. The maximum Gasteiger partial charge on any atom is 0.258 e. The van der Waals surface area contributed by atoms with Crippen LogP contribution in [-0.2, 0) is 0 Å². The Kier molecular flexibility index (Phi) is 4.34. The van der Waals surface area contributed by atoms with Gasteiger partial charge in [0.15, 0.2) is 0 Å². The van der Waals surface area contributed by atoms with Crippen molar-refractivity contribution in [3.63, 3.8) is 0 Å². The lowest BCUT2D eigenvalue weighted by molar-refractivity contribution is 0.0947. The number of hydrogen-bond acceptors (Lipinski definition) is 2. The van der Waals surface area contributed by atoms with Gasteiger partial charge < -0.3 is 10.1 Å². The second-order valence-corrected chi connectivity index (χ2v) is 3.03. The highest BCUT2D eigenvalue weighted by atomic mass is 19.1. The van der Waals surface area contributed by atoms with E-state index in [-0.39, 0.29) is 11.3 Å². The third-order valence-electron chi connectivity index (χ3n) is 1.98. The van der Waals surface area contributed by atoms with Gasteiger partial charge in [-0.25, -0.2) is 4.39 Å². The summed E-state index contributed by atoms with van der Waals surface area (Å²) in [6.45, 7) is 0.312. The van der Waals surface area contributed by atoms with Crippen molar-refractivity contribution in [1.82, 2.24) is 5.32 Å². The summed E-state index contributed by atoms with van der Waals surface area (Å²) in [5, 5.41) is 2.51. The Balaban J connectivity index is 2.86. The van der Waals surface area contributed by atoms with E-state index in [1.54, 1.807) is 0 Å². The molecule has 0 unspecified atom stereocenters. The molecule has 0 aliphatic carbocycles. The number of benzene rings is 1. The molecule has 0 aliphatic heterocycles. The van der Waals surface area contributed by atoms with E-state index in [1.165, 1.54) is 25.3 Å². The third kappa shape index (κ3) is 2.74. The zero-order valence-corrected chi connectivity index (χ0v) is 8.92. The molecule has 1 rings (SSSR count). The Morgan fingerprint density at radius 1 is 1.62 bits per heavy atom. The van der Waals surface area contributed by atoms with Gasteiger partial charge in [0.2, 0.25) is 0 Å². The summed E-state index contributed by atoms with van der Waals surface area (Å²) < 4.78 is 18.3. The number of amides is 1. The van der Waals surface area contributed by atoms with Crippen molar-refractivity contribution >= 4 is 5.91 Å². The van der Waals surface area contributed by atoms with E-state index in [1.807, 2.05) is 0 Å². The molecule has 0 fully saturated rings. The Hall–Kier alpha value is -2.02. The lowest BCUT2D eigenvalue weighted by Crippen LogP contribution is -2.25. The lowest BCUT2D eigenvalue weighted by Gasteiger charge is -2.09. The minimum absolute atomic E-state index is 0.0954. The van der Waals surface area contributed by atoms with Crippen LogP contribution in [0, 0.1) is 18.2 Å². The molecule has 0 radical (unpaired) electrons. The van der Waals surface area contributed by atoms with Crippen molar-refractivity contribution in [3.05, 3.63) is 29.6 Å². The molecule has 0 saturated heterocycles. The Bertz CT molecular complexity index is 424. The predicted octanol–water partition coefficient (Wildman–Crippen LogP) is 1.59. The number of hydrogen-bond donors (Lipinski definition) is 1. The number of carbonyl (C=O) groups is 1. The molecule has 0 heterocycles. The number of methoxy groups -OCH3 is 1.